The van der Waals surface area contributed by atoms with Crippen molar-refractivity contribution in [3.05, 3.63) is 82.4 Å². The molecular weight excluding hydrogens is 375 g/mol. The zero-order valence-electron chi connectivity index (χ0n) is 13.2. The zero-order valence-corrected chi connectivity index (χ0v) is 14.8. The first-order valence-electron chi connectivity index (χ1n) is 7.49. The molecule has 0 radical (unpaired) electrons. The molecule has 0 aliphatic rings. The SMILES string of the molecule is O=C(Nc1ccccc1NC(=O)c1cccnc1Cl)c1cccnc1Cl. The number of rotatable bonds is 4. The number of nitrogens with one attached hydrogen (secondary N) is 2. The van der Waals surface area contributed by atoms with Crippen molar-refractivity contribution in [3.8, 4) is 0 Å². The minimum absolute atomic E-state index is 0.0914. The van der Waals surface area contributed by atoms with Gasteiger partial charge in [0, 0.05) is 12.4 Å². The lowest BCUT2D eigenvalue weighted by Gasteiger charge is -2.13. The average Bonchev–Trinajstić information content (AvgIpc) is 2.64. The van der Waals surface area contributed by atoms with Gasteiger partial charge in [-0.3, -0.25) is 9.59 Å². The van der Waals surface area contributed by atoms with E-state index in [1.165, 1.54) is 12.4 Å². The first kappa shape index (κ1) is 17.8. The Balaban J connectivity index is 1.83. The largest absolute Gasteiger partial charge is 0.320 e. The number of halogens is 2. The van der Waals surface area contributed by atoms with Crippen LogP contribution in [0.3, 0.4) is 0 Å². The van der Waals surface area contributed by atoms with Gasteiger partial charge in [-0.05, 0) is 36.4 Å². The van der Waals surface area contributed by atoms with Gasteiger partial charge in [0.25, 0.3) is 11.8 Å². The van der Waals surface area contributed by atoms with Crippen LogP contribution in [0.5, 0.6) is 0 Å². The third-order valence-electron chi connectivity index (χ3n) is 3.43. The number of amides is 2. The lowest BCUT2D eigenvalue weighted by Crippen LogP contribution is -2.17. The lowest BCUT2D eigenvalue weighted by molar-refractivity contribution is 0.101. The van der Waals surface area contributed by atoms with Gasteiger partial charge in [0.05, 0.1) is 22.5 Å². The smallest absolute Gasteiger partial charge is 0.258 e. The summed E-state index contributed by atoms with van der Waals surface area (Å²) in [7, 11) is 0. The molecule has 0 spiro atoms. The molecule has 2 N–H and O–H groups in total. The van der Waals surface area contributed by atoms with Gasteiger partial charge in [-0.2, -0.15) is 0 Å². The molecule has 0 saturated heterocycles. The van der Waals surface area contributed by atoms with E-state index >= 15 is 0 Å². The number of carbonyl (C=O) groups is 2. The number of benzene rings is 1. The first-order chi connectivity index (χ1) is 12.6. The molecular formula is C18H12Cl2N4O2. The number of aromatic nitrogens is 2. The molecule has 1 aromatic carbocycles. The van der Waals surface area contributed by atoms with E-state index in [4.69, 9.17) is 23.2 Å². The molecule has 2 aromatic heterocycles. The van der Waals surface area contributed by atoms with Crippen molar-refractivity contribution in [2.45, 2.75) is 0 Å². The molecule has 0 unspecified atom stereocenters. The number of para-hydroxylation sites is 2. The van der Waals surface area contributed by atoms with Gasteiger partial charge >= 0.3 is 0 Å². The summed E-state index contributed by atoms with van der Waals surface area (Å²) in [5.41, 5.74) is 1.27. The first-order valence-corrected chi connectivity index (χ1v) is 8.24. The third kappa shape index (κ3) is 3.99. The van der Waals surface area contributed by atoms with Crippen LogP contribution in [-0.4, -0.2) is 21.8 Å². The molecule has 0 saturated carbocycles. The monoisotopic (exact) mass is 386 g/mol. The van der Waals surface area contributed by atoms with Crippen molar-refractivity contribution >= 4 is 46.4 Å². The maximum Gasteiger partial charge on any atom is 0.258 e. The third-order valence-corrected chi connectivity index (χ3v) is 4.03. The molecule has 0 aliphatic heterocycles. The lowest BCUT2D eigenvalue weighted by atomic mass is 10.2. The van der Waals surface area contributed by atoms with E-state index < -0.39 is 11.8 Å². The Hall–Kier alpha value is -2.96. The molecule has 2 heterocycles. The summed E-state index contributed by atoms with van der Waals surface area (Å²) in [5.74, 6) is -0.881. The molecule has 26 heavy (non-hydrogen) atoms. The minimum Gasteiger partial charge on any atom is -0.320 e. The van der Waals surface area contributed by atoms with Gasteiger partial charge in [-0.15, -0.1) is 0 Å². The summed E-state index contributed by atoms with van der Waals surface area (Å²) in [4.78, 5) is 32.6. The maximum absolute atomic E-state index is 12.4. The number of hydrogen-bond acceptors (Lipinski definition) is 4. The Morgan fingerprint density at radius 2 is 1.12 bits per heavy atom. The maximum atomic E-state index is 12.4. The van der Waals surface area contributed by atoms with Gasteiger partial charge in [0.2, 0.25) is 0 Å². The van der Waals surface area contributed by atoms with Crippen molar-refractivity contribution < 1.29 is 9.59 Å². The van der Waals surface area contributed by atoms with Gasteiger partial charge < -0.3 is 10.6 Å². The van der Waals surface area contributed by atoms with Gasteiger partial charge in [0.15, 0.2) is 0 Å². The van der Waals surface area contributed by atoms with Crippen LogP contribution < -0.4 is 10.6 Å². The predicted octanol–water partition coefficient (Wildman–Crippen LogP) is 4.29. The fraction of sp³-hybridized carbons (Fsp3) is 0. The molecule has 6 nitrogen and oxygen atoms in total. The Labute approximate surface area is 159 Å². The second-order valence-electron chi connectivity index (χ2n) is 5.14. The van der Waals surface area contributed by atoms with Crippen molar-refractivity contribution in [3.63, 3.8) is 0 Å². The van der Waals surface area contributed by atoms with Crippen molar-refractivity contribution in [1.82, 2.24) is 9.97 Å². The normalized spacial score (nSPS) is 10.2. The summed E-state index contributed by atoms with van der Waals surface area (Å²) in [6.07, 6.45) is 2.98. The molecule has 0 fully saturated rings. The number of anilines is 2. The number of hydrogen-bond donors (Lipinski definition) is 2. The van der Waals surface area contributed by atoms with Crippen LogP contribution in [0.4, 0.5) is 11.4 Å². The van der Waals surface area contributed by atoms with Gasteiger partial charge in [-0.1, -0.05) is 35.3 Å². The van der Waals surface area contributed by atoms with Crippen LogP contribution >= 0.6 is 23.2 Å². The van der Waals surface area contributed by atoms with Crippen LogP contribution in [0.2, 0.25) is 10.3 Å². The van der Waals surface area contributed by atoms with E-state index in [0.29, 0.717) is 11.4 Å². The topological polar surface area (TPSA) is 84.0 Å². The van der Waals surface area contributed by atoms with E-state index in [1.54, 1.807) is 48.5 Å². The van der Waals surface area contributed by atoms with Gasteiger partial charge in [-0.25, -0.2) is 9.97 Å². The molecule has 0 atom stereocenters. The zero-order chi connectivity index (χ0) is 18.5. The van der Waals surface area contributed by atoms with Crippen molar-refractivity contribution in [1.29, 1.82) is 0 Å². The van der Waals surface area contributed by atoms with Crippen molar-refractivity contribution in [2.24, 2.45) is 0 Å². The van der Waals surface area contributed by atoms with E-state index in [9.17, 15) is 9.59 Å². The van der Waals surface area contributed by atoms with Crippen LogP contribution in [-0.2, 0) is 0 Å². The molecule has 0 bridgehead atoms. The predicted molar refractivity (Wildman–Crippen MR) is 101 cm³/mol. The highest BCUT2D eigenvalue weighted by Crippen LogP contribution is 2.24. The Bertz CT molecular complexity index is 900. The van der Waals surface area contributed by atoms with E-state index in [-0.39, 0.29) is 21.4 Å². The summed E-state index contributed by atoms with van der Waals surface area (Å²) >= 11 is 11.9. The van der Waals surface area contributed by atoms with Crippen LogP contribution in [0, 0.1) is 0 Å². The highest BCUT2D eigenvalue weighted by atomic mass is 35.5. The molecule has 130 valence electrons. The highest BCUT2D eigenvalue weighted by molar-refractivity contribution is 6.34. The Kier molecular flexibility index (Phi) is 5.46. The Morgan fingerprint density at radius 1 is 0.692 bits per heavy atom. The van der Waals surface area contributed by atoms with Gasteiger partial charge in [0.1, 0.15) is 10.3 Å². The molecule has 8 heteroatoms. The number of nitrogens with zero attached hydrogens (tertiary/aromatic N) is 2. The fourth-order valence-electron chi connectivity index (χ4n) is 2.19. The van der Waals surface area contributed by atoms with Crippen LogP contribution in [0.1, 0.15) is 20.7 Å². The summed E-state index contributed by atoms with van der Waals surface area (Å²) in [5, 5.41) is 5.61. The second-order valence-corrected chi connectivity index (χ2v) is 5.85. The quantitative estimate of drug-likeness (QED) is 0.655. The van der Waals surface area contributed by atoms with E-state index in [1.807, 2.05) is 0 Å². The average molecular weight is 387 g/mol. The number of carbonyl (C=O) groups excluding carboxylic acids is 2. The minimum atomic E-state index is -0.441. The summed E-state index contributed by atoms with van der Waals surface area (Å²) in [6, 6.07) is 13.1. The highest BCUT2D eigenvalue weighted by Gasteiger charge is 2.15. The molecule has 2 amide bonds. The summed E-state index contributed by atoms with van der Waals surface area (Å²) in [6.45, 7) is 0. The molecule has 3 rings (SSSR count). The standard InChI is InChI=1S/C18H12Cl2N4O2/c19-15-11(5-3-9-21-15)17(25)23-13-7-1-2-8-14(13)24-18(26)12-6-4-10-22-16(12)20/h1-10H,(H,23,25)(H,24,26). The molecule has 0 aliphatic carbocycles. The van der Waals surface area contributed by atoms with Crippen LogP contribution in [0.25, 0.3) is 0 Å². The fourth-order valence-corrected chi connectivity index (χ4v) is 2.60. The van der Waals surface area contributed by atoms with E-state index in [2.05, 4.69) is 20.6 Å². The van der Waals surface area contributed by atoms with Crippen LogP contribution in [0.15, 0.2) is 60.9 Å². The van der Waals surface area contributed by atoms with Crippen molar-refractivity contribution in [2.75, 3.05) is 10.6 Å². The Morgan fingerprint density at radius 3 is 1.50 bits per heavy atom. The summed E-state index contributed by atoms with van der Waals surface area (Å²) < 4.78 is 0. The van der Waals surface area contributed by atoms with E-state index in [0.717, 1.165) is 0 Å². The molecule has 3 aromatic rings. The number of pyridine rings is 2. The second kappa shape index (κ2) is 7.95.